The van der Waals surface area contributed by atoms with E-state index in [1.165, 1.54) is 16.7 Å². The summed E-state index contributed by atoms with van der Waals surface area (Å²) < 4.78 is 10.6. The maximum Gasteiger partial charge on any atom is 0.191 e. The molecule has 0 aliphatic carbocycles. The lowest BCUT2D eigenvalue weighted by Crippen LogP contribution is -2.36. The second-order valence-electron chi connectivity index (χ2n) is 6.17. The third-order valence-electron chi connectivity index (χ3n) is 4.16. The van der Waals surface area contributed by atoms with Gasteiger partial charge in [-0.1, -0.05) is 29.8 Å². The Labute approximate surface area is 179 Å². The van der Waals surface area contributed by atoms with Crippen LogP contribution in [0.3, 0.4) is 0 Å². The van der Waals surface area contributed by atoms with Gasteiger partial charge in [-0.05, 0) is 49.6 Å². The molecule has 0 aromatic heterocycles. The highest BCUT2D eigenvalue weighted by atomic mass is 127. The van der Waals surface area contributed by atoms with Gasteiger partial charge in [-0.25, -0.2) is 4.99 Å². The average Bonchev–Trinajstić information content (AvgIpc) is 2.64. The first-order valence-corrected chi connectivity index (χ1v) is 8.86. The quantitative estimate of drug-likeness (QED) is 0.352. The standard InChI is InChI=1S/C21H29N3O2.HI/c1-6-22-21(24-14-18-9-7-15(2)11-16(18)3)23-13-17-8-10-19(25-4)20(12-17)26-5;/h7-12H,6,13-14H2,1-5H3,(H2,22,23,24);1H. The van der Waals surface area contributed by atoms with Crippen LogP contribution in [0.4, 0.5) is 0 Å². The first-order chi connectivity index (χ1) is 12.6. The van der Waals surface area contributed by atoms with Gasteiger partial charge in [-0.3, -0.25) is 0 Å². The van der Waals surface area contributed by atoms with Crippen LogP contribution >= 0.6 is 24.0 Å². The summed E-state index contributed by atoms with van der Waals surface area (Å²) in [6.45, 7) is 8.42. The minimum atomic E-state index is 0. The van der Waals surface area contributed by atoms with Crippen molar-refractivity contribution < 1.29 is 9.47 Å². The van der Waals surface area contributed by atoms with Crippen molar-refractivity contribution in [3.8, 4) is 11.5 Å². The Hall–Kier alpha value is -1.96. The molecule has 0 saturated heterocycles. The van der Waals surface area contributed by atoms with Crippen molar-refractivity contribution >= 4 is 29.9 Å². The minimum Gasteiger partial charge on any atom is -0.493 e. The van der Waals surface area contributed by atoms with E-state index < -0.39 is 0 Å². The summed E-state index contributed by atoms with van der Waals surface area (Å²) >= 11 is 0. The van der Waals surface area contributed by atoms with Gasteiger partial charge in [0.05, 0.1) is 20.8 Å². The van der Waals surface area contributed by atoms with Crippen molar-refractivity contribution in [2.24, 2.45) is 4.99 Å². The van der Waals surface area contributed by atoms with E-state index in [2.05, 4.69) is 54.6 Å². The number of ether oxygens (including phenoxy) is 2. The van der Waals surface area contributed by atoms with Crippen molar-refractivity contribution in [3.63, 3.8) is 0 Å². The SMILES string of the molecule is CCNC(=NCc1ccc(OC)c(OC)c1)NCc1ccc(C)cc1C.I. The summed E-state index contributed by atoms with van der Waals surface area (Å²) in [7, 11) is 3.27. The Kier molecular flexibility index (Phi) is 9.99. The molecule has 6 heteroatoms. The van der Waals surface area contributed by atoms with Crippen LogP contribution in [0.15, 0.2) is 41.4 Å². The van der Waals surface area contributed by atoms with E-state index in [4.69, 9.17) is 9.47 Å². The zero-order valence-electron chi connectivity index (χ0n) is 16.8. The molecule has 0 radical (unpaired) electrons. The molecule has 0 saturated carbocycles. The number of aryl methyl sites for hydroxylation is 2. The first-order valence-electron chi connectivity index (χ1n) is 8.86. The van der Waals surface area contributed by atoms with Crippen LogP contribution in [-0.2, 0) is 13.1 Å². The number of hydrogen-bond acceptors (Lipinski definition) is 3. The molecular formula is C21H30IN3O2. The van der Waals surface area contributed by atoms with Gasteiger partial charge in [0, 0.05) is 13.1 Å². The van der Waals surface area contributed by atoms with Crippen LogP contribution in [0, 0.1) is 13.8 Å². The minimum absolute atomic E-state index is 0. The molecule has 0 aliphatic rings. The number of aliphatic imine (C=N–C) groups is 1. The molecule has 2 aromatic carbocycles. The Morgan fingerprint density at radius 1 is 0.963 bits per heavy atom. The van der Waals surface area contributed by atoms with Gasteiger partial charge in [-0.2, -0.15) is 0 Å². The number of halogens is 1. The van der Waals surface area contributed by atoms with E-state index in [9.17, 15) is 0 Å². The van der Waals surface area contributed by atoms with Crippen LogP contribution in [0.25, 0.3) is 0 Å². The number of nitrogens with one attached hydrogen (secondary N) is 2. The van der Waals surface area contributed by atoms with Gasteiger partial charge < -0.3 is 20.1 Å². The smallest absolute Gasteiger partial charge is 0.191 e. The summed E-state index contributed by atoms with van der Waals surface area (Å²) in [5.41, 5.74) is 4.90. The van der Waals surface area contributed by atoms with Crippen molar-refractivity contribution in [1.82, 2.24) is 10.6 Å². The molecule has 27 heavy (non-hydrogen) atoms. The molecule has 0 fully saturated rings. The van der Waals surface area contributed by atoms with E-state index in [1.807, 2.05) is 18.2 Å². The predicted molar refractivity (Wildman–Crippen MR) is 123 cm³/mol. The molecule has 2 rings (SSSR count). The fourth-order valence-electron chi connectivity index (χ4n) is 2.71. The zero-order valence-corrected chi connectivity index (χ0v) is 19.1. The van der Waals surface area contributed by atoms with Gasteiger partial charge in [-0.15, -0.1) is 24.0 Å². The van der Waals surface area contributed by atoms with Crippen molar-refractivity contribution in [2.75, 3.05) is 20.8 Å². The topological polar surface area (TPSA) is 54.9 Å². The molecule has 2 aromatic rings. The Morgan fingerprint density at radius 3 is 2.33 bits per heavy atom. The lowest BCUT2D eigenvalue weighted by Gasteiger charge is -2.13. The highest BCUT2D eigenvalue weighted by molar-refractivity contribution is 14.0. The number of methoxy groups -OCH3 is 2. The molecule has 0 heterocycles. The normalized spacial score (nSPS) is 10.8. The van der Waals surface area contributed by atoms with Crippen molar-refractivity contribution in [1.29, 1.82) is 0 Å². The van der Waals surface area contributed by atoms with E-state index in [0.29, 0.717) is 12.3 Å². The van der Waals surface area contributed by atoms with E-state index in [0.717, 1.165) is 30.4 Å². The number of guanidine groups is 1. The number of hydrogen-bond donors (Lipinski definition) is 2. The van der Waals surface area contributed by atoms with Crippen LogP contribution in [0.1, 0.15) is 29.2 Å². The lowest BCUT2D eigenvalue weighted by atomic mass is 10.1. The van der Waals surface area contributed by atoms with E-state index in [1.54, 1.807) is 14.2 Å². The second kappa shape index (κ2) is 11.7. The largest absolute Gasteiger partial charge is 0.493 e. The third kappa shape index (κ3) is 6.93. The highest BCUT2D eigenvalue weighted by Gasteiger charge is 2.05. The zero-order chi connectivity index (χ0) is 18.9. The predicted octanol–water partition coefficient (Wildman–Crippen LogP) is 4.19. The van der Waals surface area contributed by atoms with Crippen LogP contribution in [0.5, 0.6) is 11.5 Å². The molecular weight excluding hydrogens is 453 g/mol. The monoisotopic (exact) mass is 483 g/mol. The van der Waals surface area contributed by atoms with Crippen molar-refractivity contribution in [2.45, 2.75) is 33.9 Å². The molecule has 2 N–H and O–H groups in total. The van der Waals surface area contributed by atoms with Gasteiger partial charge in [0.15, 0.2) is 17.5 Å². The van der Waals surface area contributed by atoms with Crippen molar-refractivity contribution in [3.05, 3.63) is 58.7 Å². The summed E-state index contributed by atoms with van der Waals surface area (Å²) in [5.74, 6) is 2.23. The van der Waals surface area contributed by atoms with Gasteiger partial charge >= 0.3 is 0 Å². The average molecular weight is 483 g/mol. The summed E-state index contributed by atoms with van der Waals surface area (Å²) in [6, 6.07) is 12.4. The summed E-state index contributed by atoms with van der Waals surface area (Å²) in [5, 5.41) is 6.69. The second-order valence-corrected chi connectivity index (χ2v) is 6.17. The first kappa shape index (κ1) is 23.1. The van der Waals surface area contributed by atoms with Gasteiger partial charge in [0.25, 0.3) is 0 Å². The molecule has 5 nitrogen and oxygen atoms in total. The molecule has 0 amide bonds. The van der Waals surface area contributed by atoms with Crippen LogP contribution in [-0.4, -0.2) is 26.7 Å². The Bertz CT molecular complexity index is 763. The number of rotatable bonds is 7. The summed E-state index contributed by atoms with van der Waals surface area (Å²) in [4.78, 5) is 4.67. The van der Waals surface area contributed by atoms with Crippen LogP contribution in [0.2, 0.25) is 0 Å². The maximum absolute atomic E-state index is 5.35. The van der Waals surface area contributed by atoms with Gasteiger partial charge in [0.2, 0.25) is 0 Å². The highest BCUT2D eigenvalue weighted by Crippen LogP contribution is 2.27. The fraction of sp³-hybridized carbons (Fsp3) is 0.381. The van der Waals surface area contributed by atoms with E-state index in [-0.39, 0.29) is 24.0 Å². The van der Waals surface area contributed by atoms with Gasteiger partial charge in [0.1, 0.15) is 0 Å². The molecule has 0 spiro atoms. The molecule has 0 aliphatic heterocycles. The fourth-order valence-corrected chi connectivity index (χ4v) is 2.71. The third-order valence-corrected chi connectivity index (χ3v) is 4.16. The molecule has 0 atom stereocenters. The maximum atomic E-state index is 5.35. The lowest BCUT2D eigenvalue weighted by molar-refractivity contribution is 0.354. The number of benzene rings is 2. The van der Waals surface area contributed by atoms with E-state index >= 15 is 0 Å². The Morgan fingerprint density at radius 2 is 1.70 bits per heavy atom. The molecule has 148 valence electrons. The number of nitrogens with zero attached hydrogens (tertiary/aromatic N) is 1. The Balaban J connectivity index is 0.00000364. The molecule has 0 bridgehead atoms. The summed E-state index contributed by atoms with van der Waals surface area (Å²) in [6.07, 6.45) is 0. The van der Waals surface area contributed by atoms with Crippen LogP contribution < -0.4 is 20.1 Å². The molecule has 0 unspecified atom stereocenters.